The number of fused-ring (bicyclic) bond motifs is 2. The van der Waals surface area contributed by atoms with Gasteiger partial charge in [-0.3, -0.25) is 10.1 Å². The van der Waals surface area contributed by atoms with Gasteiger partial charge in [0.2, 0.25) is 0 Å². The van der Waals surface area contributed by atoms with Gasteiger partial charge in [0, 0.05) is 28.9 Å². The summed E-state index contributed by atoms with van der Waals surface area (Å²) in [5.74, 6) is 0.678. The first-order chi connectivity index (χ1) is 12.4. The highest BCUT2D eigenvalue weighted by Crippen LogP contribution is 2.31. The molecular weight excluding hydrogens is 314 g/mol. The predicted octanol–water partition coefficient (Wildman–Crippen LogP) is 4.51. The van der Waals surface area contributed by atoms with E-state index in [4.69, 9.17) is 4.52 Å². The van der Waals surface area contributed by atoms with Crippen LogP contribution < -0.4 is 5.32 Å². The molecule has 0 bridgehead atoms. The topological polar surface area (TPSA) is 79.6 Å². The molecule has 0 atom stereocenters. The van der Waals surface area contributed by atoms with E-state index in [1.807, 2.05) is 60.7 Å². The lowest BCUT2D eigenvalue weighted by molar-refractivity contribution is 0.459. The van der Waals surface area contributed by atoms with E-state index in [0.29, 0.717) is 5.82 Å². The number of anilines is 2. The second-order valence-corrected chi connectivity index (χ2v) is 5.70. The zero-order valence-electron chi connectivity index (χ0n) is 13.1. The maximum absolute atomic E-state index is 5.52. The average Bonchev–Trinajstić information content (AvgIpc) is 3.27. The summed E-state index contributed by atoms with van der Waals surface area (Å²) in [5.41, 5.74) is 5.14. The Morgan fingerprint density at radius 3 is 2.80 bits per heavy atom. The van der Waals surface area contributed by atoms with Crippen molar-refractivity contribution in [2.45, 2.75) is 0 Å². The minimum atomic E-state index is 0.678. The lowest BCUT2D eigenvalue weighted by Crippen LogP contribution is -1.91. The van der Waals surface area contributed by atoms with Crippen LogP contribution in [0.5, 0.6) is 0 Å². The molecule has 0 saturated heterocycles. The van der Waals surface area contributed by atoms with Crippen LogP contribution in [0.1, 0.15) is 0 Å². The highest BCUT2D eigenvalue weighted by Gasteiger charge is 2.12. The van der Waals surface area contributed by atoms with Gasteiger partial charge in [-0.1, -0.05) is 35.5 Å². The number of rotatable bonds is 3. The molecule has 0 aliphatic heterocycles. The second kappa shape index (κ2) is 5.45. The molecule has 0 aliphatic rings. The van der Waals surface area contributed by atoms with Gasteiger partial charge in [0.05, 0.1) is 5.52 Å². The first-order valence-corrected chi connectivity index (χ1v) is 7.89. The molecule has 3 heterocycles. The van der Waals surface area contributed by atoms with Crippen LogP contribution in [0.3, 0.4) is 0 Å². The number of aromatic amines is 1. The van der Waals surface area contributed by atoms with Gasteiger partial charge in [0.25, 0.3) is 0 Å². The fourth-order valence-electron chi connectivity index (χ4n) is 2.90. The van der Waals surface area contributed by atoms with Crippen molar-refractivity contribution in [1.82, 2.24) is 20.3 Å². The summed E-state index contributed by atoms with van der Waals surface area (Å²) < 4.78 is 5.52. The molecule has 0 saturated carbocycles. The monoisotopic (exact) mass is 327 g/mol. The lowest BCUT2D eigenvalue weighted by atomic mass is 10.1. The van der Waals surface area contributed by atoms with Crippen LogP contribution in [0.4, 0.5) is 11.5 Å². The van der Waals surface area contributed by atoms with Gasteiger partial charge >= 0.3 is 0 Å². The van der Waals surface area contributed by atoms with Gasteiger partial charge in [-0.25, -0.2) is 0 Å². The predicted molar refractivity (Wildman–Crippen MR) is 96.6 cm³/mol. The number of benzene rings is 2. The Bertz CT molecular complexity index is 1180. The largest absolute Gasteiger partial charge is 0.356 e. The van der Waals surface area contributed by atoms with Crippen molar-refractivity contribution in [3.63, 3.8) is 0 Å². The Morgan fingerprint density at radius 2 is 1.88 bits per heavy atom. The molecule has 3 aromatic heterocycles. The number of hydrogen-bond acceptors (Lipinski definition) is 5. The Balaban J connectivity index is 1.53. The van der Waals surface area contributed by atoms with Crippen molar-refractivity contribution in [3.05, 3.63) is 66.9 Å². The van der Waals surface area contributed by atoms with Gasteiger partial charge in [-0.15, -0.1) is 0 Å². The van der Waals surface area contributed by atoms with Gasteiger partial charge in [-0.2, -0.15) is 5.10 Å². The second-order valence-electron chi connectivity index (χ2n) is 5.70. The molecule has 120 valence electrons. The fourth-order valence-corrected chi connectivity index (χ4v) is 2.90. The molecular formula is C19H13N5O. The minimum Gasteiger partial charge on any atom is -0.356 e. The third-order valence-electron chi connectivity index (χ3n) is 4.10. The van der Waals surface area contributed by atoms with E-state index in [1.165, 1.54) is 0 Å². The maximum Gasteiger partial charge on any atom is 0.178 e. The summed E-state index contributed by atoms with van der Waals surface area (Å²) in [7, 11) is 0. The summed E-state index contributed by atoms with van der Waals surface area (Å²) in [6.07, 6.45) is 1.74. The van der Waals surface area contributed by atoms with Crippen molar-refractivity contribution in [2.24, 2.45) is 0 Å². The van der Waals surface area contributed by atoms with Gasteiger partial charge in [-0.05, 0) is 24.3 Å². The molecule has 0 spiro atoms. The summed E-state index contributed by atoms with van der Waals surface area (Å²) in [6, 6.07) is 19.7. The summed E-state index contributed by atoms with van der Waals surface area (Å²) in [6.45, 7) is 0. The average molecular weight is 327 g/mol. The lowest BCUT2D eigenvalue weighted by Gasteiger charge is -2.03. The van der Waals surface area contributed by atoms with Crippen LogP contribution in [0.2, 0.25) is 0 Å². The van der Waals surface area contributed by atoms with E-state index in [2.05, 4.69) is 25.7 Å². The van der Waals surface area contributed by atoms with E-state index in [9.17, 15) is 0 Å². The van der Waals surface area contributed by atoms with Gasteiger partial charge in [0.15, 0.2) is 11.4 Å². The van der Waals surface area contributed by atoms with Crippen LogP contribution in [-0.4, -0.2) is 20.3 Å². The summed E-state index contributed by atoms with van der Waals surface area (Å²) >= 11 is 0. The van der Waals surface area contributed by atoms with Crippen molar-refractivity contribution in [1.29, 1.82) is 0 Å². The molecule has 6 heteroatoms. The number of H-pyrrole nitrogens is 1. The van der Waals surface area contributed by atoms with E-state index >= 15 is 0 Å². The van der Waals surface area contributed by atoms with Crippen LogP contribution >= 0.6 is 0 Å². The highest BCUT2D eigenvalue weighted by molar-refractivity contribution is 5.94. The first-order valence-electron chi connectivity index (χ1n) is 7.89. The number of nitrogens with zero attached hydrogens (tertiary/aromatic N) is 3. The Labute approximate surface area is 142 Å². The molecule has 0 amide bonds. The SMILES string of the molecule is c1ccc(-c2noc3cc(Nc4n[nH]c5cccnc45)ccc23)cc1. The Hall–Kier alpha value is -3.67. The zero-order valence-corrected chi connectivity index (χ0v) is 13.1. The van der Waals surface area contributed by atoms with Crippen molar-refractivity contribution >= 4 is 33.5 Å². The number of aromatic nitrogens is 4. The summed E-state index contributed by atoms with van der Waals surface area (Å²) in [5, 5.41) is 15.7. The Kier molecular flexibility index (Phi) is 3.00. The van der Waals surface area contributed by atoms with Gasteiger partial charge in [0.1, 0.15) is 11.2 Å². The minimum absolute atomic E-state index is 0.678. The molecule has 6 nitrogen and oxygen atoms in total. The molecule has 25 heavy (non-hydrogen) atoms. The quantitative estimate of drug-likeness (QED) is 0.509. The normalized spacial score (nSPS) is 11.2. The first kappa shape index (κ1) is 13.7. The molecule has 0 fully saturated rings. The molecule has 2 aromatic carbocycles. The zero-order chi connectivity index (χ0) is 16.6. The molecule has 0 unspecified atom stereocenters. The number of pyridine rings is 1. The fraction of sp³-hybridized carbons (Fsp3) is 0. The van der Waals surface area contributed by atoms with E-state index < -0.39 is 0 Å². The van der Waals surface area contributed by atoms with Crippen LogP contribution in [0, 0.1) is 0 Å². The number of hydrogen-bond donors (Lipinski definition) is 2. The summed E-state index contributed by atoms with van der Waals surface area (Å²) in [4.78, 5) is 4.35. The standard InChI is InChI=1S/C19H13N5O/c1-2-5-12(6-3-1)17-14-9-8-13(11-16(14)25-24-17)21-19-18-15(22-23-19)7-4-10-20-18/h1-11H,(H2,21,22,23). The smallest absolute Gasteiger partial charge is 0.178 e. The van der Waals surface area contributed by atoms with Crippen LogP contribution in [-0.2, 0) is 0 Å². The third-order valence-corrected chi connectivity index (χ3v) is 4.10. The van der Waals surface area contributed by atoms with E-state index in [-0.39, 0.29) is 0 Å². The van der Waals surface area contributed by atoms with Crippen molar-refractivity contribution in [2.75, 3.05) is 5.32 Å². The number of nitrogens with one attached hydrogen (secondary N) is 2. The van der Waals surface area contributed by atoms with Crippen LogP contribution in [0.15, 0.2) is 71.4 Å². The highest BCUT2D eigenvalue weighted by atomic mass is 16.5. The van der Waals surface area contributed by atoms with E-state index in [0.717, 1.165) is 38.9 Å². The third kappa shape index (κ3) is 2.31. The Morgan fingerprint density at radius 1 is 0.960 bits per heavy atom. The maximum atomic E-state index is 5.52. The molecule has 5 aromatic rings. The molecule has 5 rings (SSSR count). The molecule has 2 N–H and O–H groups in total. The molecule has 0 aliphatic carbocycles. The van der Waals surface area contributed by atoms with E-state index in [1.54, 1.807) is 6.20 Å². The van der Waals surface area contributed by atoms with Gasteiger partial charge < -0.3 is 9.84 Å². The van der Waals surface area contributed by atoms with Crippen molar-refractivity contribution < 1.29 is 4.52 Å². The van der Waals surface area contributed by atoms with Crippen LogP contribution in [0.25, 0.3) is 33.3 Å². The van der Waals surface area contributed by atoms with Crippen molar-refractivity contribution in [3.8, 4) is 11.3 Å². The molecule has 0 radical (unpaired) electrons.